The van der Waals surface area contributed by atoms with Crippen molar-refractivity contribution >= 4 is 11.0 Å². The average molecular weight is 273 g/mol. The number of hydrogen-bond acceptors (Lipinski definition) is 3. The van der Waals surface area contributed by atoms with Gasteiger partial charge in [-0.2, -0.15) is 4.98 Å². The average Bonchev–Trinajstić information content (AvgIpc) is 2.78. The van der Waals surface area contributed by atoms with Crippen molar-refractivity contribution in [1.82, 2.24) is 14.5 Å². The largest absolute Gasteiger partial charge is 0.465 e. The highest BCUT2D eigenvalue weighted by molar-refractivity contribution is 5.76. The van der Waals surface area contributed by atoms with E-state index in [4.69, 9.17) is 4.74 Å². The van der Waals surface area contributed by atoms with Crippen molar-refractivity contribution in [2.24, 2.45) is 5.92 Å². The van der Waals surface area contributed by atoms with E-state index >= 15 is 0 Å². The summed E-state index contributed by atoms with van der Waals surface area (Å²) in [5.74, 6) is 0.758. The van der Waals surface area contributed by atoms with Gasteiger partial charge in [-0.3, -0.25) is 9.55 Å². The highest BCUT2D eigenvalue weighted by atomic mass is 16.5. The van der Waals surface area contributed by atoms with Gasteiger partial charge in [-0.05, 0) is 38.7 Å². The fraction of sp³-hybridized carbons (Fsp3) is 0.625. The second kappa shape index (κ2) is 5.81. The molecule has 1 aliphatic rings. The van der Waals surface area contributed by atoms with Crippen molar-refractivity contribution in [3.05, 3.63) is 18.0 Å². The van der Waals surface area contributed by atoms with Crippen molar-refractivity contribution < 1.29 is 4.74 Å². The lowest BCUT2D eigenvalue weighted by Gasteiger charge is -2.22. The van der Waals surface area contributed by atoms with E-state index in [0.717, 1.165) is 35.2 Å². The van der Waals surface area contributed by atoms with Crippen LogP contribution in [0.2, 0.25) is 0 Å². The van der Waals surface area contributed by atoms with E-state index in [-0.39, 0.29) is 0 Å². The van der Waals surface area contributed by atoms with Crippen LogP contribution in [0.3, 0.4) is 0 Å². The normalized spacial score (nSPS) is 16.7. The minimum Gasteiger partial charge on any atom is -0.465 e. The fourth-order valence-electron chi connectivity index (χ4n) is 3.15. The molecule has 2 aromatic heterocycles. The fourth-order valence-corrected chi connectivity index (χ4v) is 3.15. The Balaban J connectivity index is 1.96. The lowest BCUT2D eigenvalue weighted by atomic mass is 9.89. The third-order valence-corrected chi connectivity index (χ3v) is 4.18. The Hall–Kier alpha value is -1.58. The van der Waals surface area contributed by atoms with Gasteiger partial charge in [0.1, 0.15) is 5.52 Å². The van der Waals surface area contributed by atoms with E-state index in [1.165, 1.54) is 32.1 Å². The zero-order valence-electron chi connectivity index (χ0n) is 12.4. The summed E-state index contributed by atoms with van der Waals surface area (Å²) in [6, 6.07) is 2.87. The summed E-state index contributed by atoms with van der Waals surface area (Å²) >= 11 is 0. The summed E-state index contributed by atoms with van der Waals surface area (Å²) in [7, 11) is 0. The van der Waals surface area contributed by atoms with Gasteiger partial charge in [-0.25, -0.2) is 0 Å². The van der Waals surface area contributed by atoms with Crippen LogP contribution >= 0.6 is 0 Å². The van der Waals surface area contributed by atoms with Crippen LogP contribution in [0.1, 0.15) is 44.7 Å². The molecule has 0 aromatic carbocycles. The van der Waals surface area contributed by atoms with E-state index in [9.17, 15) is 0 Å². The molecule has 0 N–H and O–H groups in total. The molecule has 1 aliphatic carbocycles. The van der Waals surface area contributed by atoms with Crippen molar-refractivity contribution in [3.63, 3.8) is 0 Å². The van der Waals surface area contributed by atoms with Gasteiger partial charge in [-0.15, -0.1) is 0 Å². The van der Waals surface area contributed by atoms with Crippen LogP contribution in [0.5, 0.6) is 6.01 Å². The summed E-state index contributed by atoms with van der Waals surface area (Å²) < 4.78 is 7.98. The molecule has 0 spiro atoms. The first-order valence-electron chi connectivity index (χ1n) is 7.73. The number of nitrogens with zero attached hydrogens (tertiary/aromatic N) is 3. The molecule has 0 bridgehead atoms. The van der Waals surface area contributed by atoms with Crippen LogP contribution in [0.4, 0.5) is 0 Å². The Morgan fingerprint density at radius 3 is 2.85 bits per heavy atom. The summed E-state index contributed by atoms with van der Waals surface area (Å²) in [5, 5.41) is 0. The van der Waals surface area contributed by atoms with Crippen LogP contribution in [0, 0.1) is 12.8 Å². The van der Waals surface area contributed by atoms with Crippen molar-refractivity contribution in [2.45, 2.75) is 52.5 Å². The molecule has 4 heteroatoms. The Morgan fingerprint density at radius 2 is 2.10 bits per heavy atom. The monoisotopic (exact) mass is 273 g/mol. The summed E-state index contributed by atoms with van der Waals surface area (Å²) in [6.45, 7) is 5.71. The molecule has 0 unspecified atom stereocenters. The third-order valence-electron chi connectivity index (χ3n) is 4.18. The van der Waals surface area contributed by atoms with Gasteiger partial charge in [0.05, 0.1) is 18.3 Å². The van der Waals surface area contributed by atoms with Gasteiger partial charge >= 0.3 is 0 Å². The SMILES string of the molecule is CCOc1nc2cnc(C)cc2n1CC1CCCCC1. The predicted octanol–water partition coefficient (Wildman–Crippen LogP) is 3.72. The molecule has 0 radical (unpaired) electrons. The second-order valence-electron chi connectivity index (χ2n) is 5.76. The number of hydrogen-bond donors (Lipinski definition) is 0. The third kappa shape index (κ3) is 2.65. The Labute approximate surface area is 120 Å². The first kappa shape index (κ1) is 13.4. The van der Waals surface area contributed by atoms with Crippen molar-refractivity contribution in [3.8, 4) is 6.01 Å². The number of rotatable bonds is 4. The maximum atomic E-state index is 5.73. The summed E-state index contributed by atoms with van der Waals surface area (Å²) in [4.78, 5) is 8.92. The molecule has 108 valence electrons. The molecule has 1 saturated carbocycles. The number of fused-ring (bicyclic) bond motifs is 1. The van der Waals surface area contributed by atoms with E-state index < -0.39 is 0 Å². The van der Waals surface area contributed by atoms with E-state index in [2.05, 4.69) is 20.6 Å². The maximum Gasteiger partial charge on any atom is 0.297 e. The quantitative estimate of drug-likeness (QED) is 0.852. The van der Waals surface area contributed by atoms with E-state index in [1.54, 1.807) is 0 Å². The second-order valence-corrected chi connectivity index (χ2v) is 5.76. The lowest BCUT2D eigenvalue weighted by Crippen LogP contribution is -2.15. The minimum atomic E-state index is 0.653. The molecule has 0 amide bonds. The predicted molar refractivity (Wildman–Crippen MR) is 80.0 cm³/mol. The smallest absolute Gasteiger partial charge is 0.297 e. The minimum absolute atomic E-state index is 0.653. The zero-order chi connectivity index (χ0) is 13.9. The van der Waals surface area contributed by atoms with E-state index in [1.807, 2.05) is 20.0 Å². The van der Waals surface area contributed by atoms with Gasteiger partial charge < -0.3 is 4.74 Å². The number of aryl methyl sites for hydroxylation is 1. The highest BCUT2D eigenvalue weighted by Crippen LogP contribution is 2.29. The highest BCUT2D eigenvalue weighted by Gasteiger charge is 2.19. The van der Waals surface area contributed by atoms with Crippen LogP contribution in [-0.2, 0) is 6.54 Å². The number of aromatic nitrogens is 3. The first-order chi connectivity index (χ1) is 9.78. The number of ether oxygens (including phenoxy) is 1. The molecule has 2 heterocycles. The molecule has 4 nitrogen and oxygen atoms in total. The van der Waals surface area contributed by atoms with Crippen LogP contribution in [0.15, 0.2) is 12.3 Å². The molecule has 20 heavy (non-hydrogen) atoms. The first-order valence-corrected chi connectivity index (χ1v) is 7.73. The zero-order valence-corrected chi connectivity index (χ0v) is 12.4. The topological polar surface area (TPSA) is 39.9 Å². The number of pyridine rings is 1. The van der Waals surface area contributed by atoms with Crippen molar-refractivity contribution in [1.29, 1.82) is 0 Å². The van der Waals surface area contributed by atoms with Crippen molar-refractivity contribution in [2.75, 3.05) is 6.61 Å². The maximum absolute atomic E-state index is 5.73. The lowest BCUT2D eigenvalue weighted by molar-refractivity contribution is 0.269. The molecular weight excluding hydrogens is 250 g/mol. The van der Waals surface area contributed by atoms with Gasteiger partial charge in [0.15, 0.2) is 0 Å². The van der Waals surface area contributed by atoms with Gasteiger partial charge in [0.2, 0.25) is 0 Å². The molecule has 0 atom stereocenters. The summed E-state index contributed by atoms with van der Waals surface area (Å²) in [6.07, 6.45) is 8.63. The molecule has 3 rings (SSSR count). The van der Waals surface area contributed by atoms with Crippen LogP contribution in [0.25, 0.3) is 11.0 Å². The molecular formula is C16H23N3O. The Bertz CT molecular complexity index is 585. The van der Waals surface area contributed by atoms with E-state index in [0.29, 0.717) is 6.61 Å². The molecule has 0 aliphatic heterocycles. The Morgan fingerprint density at radius 1 is 1.30 bits per heavy atom. The molecule has 1 fully saturated rings. The van der Waals surface area contributed by atoms with Gasteiger partial charge in [0.25, 0.3) is 6.01 Å². The molecule has 2 aromatic rings. The molecule has 0 saturated heterocycles. The van der Waals surface area contributed by atoms with Crippen LogP contribution in [-0.4, -0.2) is 21.1 Å². The number of imidazole rings is 1. The standard InChI is InChI=1S/C16H23N3O/c1-3-20-16-18-14-10-17-12(2)9-15(14)19(16)11-13-7-5-4-6-8-13/h9-10,13H,3-8,11H2,1-2H3. The van der Waals surface area contributed by atoms with Gasteiger partial charge in [0, 0.05) is 12.2 Å². The van der Waals surface area contributed by atoms with Gasteiger partial charge in [-0.1, -0.05) is 19.3 Å². The Kier molecular flexibility index (Phi) is 3.90. The summed E-state index contributed by atoms with van der Waals surface area (Å²) in [5.41, 5.74) is 3.13. The van der Waals surface area contributed by atoms with Crippen LogP contribution < -0.4 is 4.74 Å².